The highest BCUT2D eigenvalue weighted by Crippen LogP contribution is 2.28. The molecule has 0 aliphatic carbocycles. The van der Waals surface area contributed by atoms with Crippen LogP contribution in [0.25, 0.3) is 10.2 Å². The summed E-state index contributed by atoms with van der Waals surface area (Å²) in [5, 5.41) is 0.991. The van der Waals surface area contributed by atoms with E-state index >= 15 is 0 Å². The molecule has 0 unspecified atom stereocenters. The van der Waals surface area contributed by atoms with Crippen molar-refractivity contribution < 1.29 is 14.0 Å². The van der Waals surface area contributed by atoms with Crippen molar-refractivity contribution in [2.45, 2.75) is 32.0 Å². The Morgan fingerprint density at radius 3 is 2.62 bits per heavy atom. The SMILES string of the molecule is C=CCn1c(SCC(=O)N(CCC(N)=O)c2ccc(F)cc2)nc2sc(C)c(C)c2c1=O. The highest BCUT2D eigenvalue weighted by molar-refractivity contribution is 7.99. The molecule has 0 aliphatic heterocycles. The van der Waals surface area contributed by atoms with Crippen molar-refractivity contribution in [2.24, 2.45) is 5.73 Å². The van der Waals surface area contributed by atoms with Gasteiger partial charge in [0, 0.05) is 30.1 Å². The zero-order chi connectivity index (χ0) is 23.4. The third-order valence-electron chi connectivity index (χ3n) is 4.91. The average Bonchev–Trinajstić information content (AvgIpc) is 3.03. The summed E-state index contributed by atoms with van der Waals surface area (Å²) in [5.41, 5.74) is 6.43. The third-order valence-corrected chi connectivity index (χ3v) is 6.97. The van der Waals surface area contributed by atoms with E-state index < -0.39 is 11.7 Å². The first-order valence-electron chi connectivity index (χ1n) is 9.81. The Hall–Kier alpha value is -2.98. The van der Waals surface area contributed by atoms with Gasteiger partial charge in [-0.2, -0.15) is 0 Å². The maximum atomic E-state index is 13.3. The Bertz CT molecular complexity index is 1230. The van der Waals surface area contributed by atoms with Crippen LogP contribution in [-0.4, -0.2) is 33.7 Å². The van der Waals surface area contributed by atoms with Crippen LogP contribution in [-0.2, 0) is 16.1 Å². The molecule has 0 fully saturated rings. The monoisotopic (exact) mass is 474 g/mol. The van der Waals surface area contributed by atoms with E-state index in [0.29, 0.717) is 21.1 Å². The molecule has 0 saturated carbocycles. The van der Waals surface area contributed by atoms with Crippen LogP contribution in [0.1, 0.15) is 16.9 Å². The van der Waals surface area contributed by atoms with E-state index in [1.807, 2.05) is 13.8 Å². The van der Waals surface area contributed by atoms with E-state index in [-0.39, 0.29) is 36.7 Å². The summed E-state index contributed by atoms with van der Waals surface area (Å²) in [7, 11) is 0. The topological polar surface area (TPSA) is 98.3 Å². The molecular weight excluding hydrogens is 451 g/mol. The first-order valence-corrected chi connectivity index (χ1v) is 11.6. The molecule has 10 heteroatoms. The van der Waals surface area contributed by atoms with Crippen LogP contribution in [0.4, 0.5) is 10.1 Å². The molecular formula is C22H23FN4O3S2. The summed E-state index contributed by atoms with van der Waals surface area (Å²) in [6, 6.07) is 5.42. The van der Waals surface area contributed by atoms with Crippen molar-refractivity contribution in [1.82, 2.24) is 9.55 Å². The molecule has 32 heavy (non-hydrogen) atoms. The molecule has 2 N–H and O–H groups in total. The van der Waals surface area contributed by atoms with Crippen molar-refractivity contribution in [3.05, 3.63) is 63.5 Å². The van der Waals surface area contributed by atoms with Crippen LogP contribution < -0.4 is 16.2 Å². The summed E-state index contributed by atoms with van der Waals surface area (Å²) in [6.45, 7) is 7.87. The van der Waals surface area contributed by atoms with Gasteiger partial charge in [0.15, 0.2) is 5.16 Å². The third kappa shape index (κ3) is 5.08. The number of halogens is 1. The predicted octanol–water partition coefficient (Wildman–Crippen LogP) is 3.40. The van der Waals surface area contributed by atoms with Crippen molar-refractivity contribution in [2.75, 3.05) is 17.2 Å². The number of carbonyl (C=O) groups is 2. The summed E-state index contributed by atoms with van der Waals surface area (Å²) >= 11 is 2.57. The van der Waals surface area contributed by atoms with Crippen LogP contribution in [0.15, 0.2) is 46.9 Å². The highest BCUT2D eigenvalue weighted by Gasteiger charge is 2.20. The van der Waals surface area contributed by atoms with Crippen LogP contribution in [0, 0.1) is 19.7 Å². The summed E-state index contributed by atoms with van der Waals surface area (Å²) in [4.78, 5) is 45.0. The van der Waals surface area contributed by atoms with Crippen molar-refractivity contribution in [3.8, 4) is 0 Å². The lowest BCUT2D eigenvalue weighted by Gasteiger charge is -2.22. The van der Waals surface area contributed by atoms with Gasteiger partial charge in [0.1, 0.15) is 10.6 Å². The molecule has 0 radical (unpaired) electrons. The Morgan fingerprint density at radius 1 is 1.31 bits per heavy atom. The molecule has 0 saturated heterocycles. The minimum Gasteiger partial charge on any atom is -0.370 e. The van der Waals surface area contributed by atoms with Gasteiger partial charge >= 0.3 is 0 Å². The van der Waals surface area contributed by atoms with Crippen LogP contribution in [0.3, 0.4) is 0 Å². The number of hydrogen-bond donors (Lipinski definition) is 1. The number of benzene rings is 1. The van der Waals surface area contributed by atoms with Crippen molar-refractivity contribution in [1.29, 1.82) is 0 Å². The predicted molar refractivity (Wildman–Crippen MR) is 127 cm³/mol. The van der Waals surface area contributed by atoms with Gasteiger partial charge in [0.2, 0.25) is 11.8 Å². The van der Waals surface area contributed by atoms with Crippen LogP contribution in [0.5, 0.6) is 0 Å². The summed E-state index contributed by atoms with van der Waals surface area (Å²) in [6.07, 6.45) is 1.57. The summed E-state index contributed by atoms with van der Waals surface area (Å²) in [5.74, 6) is -1.33. The molecule has 7 nitrogen and oxygen atoms in total. The average molecular weight is 475 g/mol. The van der Waals surface area contributed by atoms with Crippen molar-refractivity contribution in [3.63, 3.8) is 0 Å². The Morgan fingerprint density at radius 2 is 2.00 bits per heavy atom. The number of amides is 2. The second-order valence-corrected chi connectivity index (χ2v) is 9.23. The first kappa shape index (κ1) is 23.7. The number of nitrogens with zero attached hydrogens (tertiary/aromatic N) is 3. The quantitative estimate of drug-likeness (QED) is 0.291. The lowest BCUT2D eigenvalue weighted by Crippen LogP contribution is -2.35. The number of aromatic nitrogens is 2. The second kappa shape index (κ2) is 10.1. The summed E-state index contributed by atoms with van der Waals surface area (Å²) < 4.78 is 14.8. The lowest BCUT2D eigenvalue weighted by atomic mass is 10.2. The number of aryl methyl sites for hydroxylation is 2. The van der Waals surface area contributed by atoms with Gasteiger partial charge in [0.05, 0.1) is 11.1 Å². The maximum absolute atomic E-state index is 13.3. The zero-order valence-corrected chi connectivity index (χ0v) is 19.4. The molecule has 0 atom stereocenters. The molecule has 2 amide bonds. The maximum Gasteiger partial charge on any atom is 0.263 e. The van der Waals surface area contributed by atoms with Crippen LogP contribution >= 0.6 is 23.1 Å². The van der Waals surface area contributed by atoms with E-state index in [9.17, 15) is 18.8 Å². The van der Waals surface area contributed by atoms with Gasteiger partial charge in [-0.1, -0.05) is 17.8 Å². The largest absolute Gasteiger partial charge is 0.370 e. The minimum atomic E-state index is -0.548. The number of rotatable bonds is 9. The van der Waals surface area contributed by atoms with Crippen LogP contribution in [0.2, 0.25) is 0 Å². The number of anilines is 1. The molecule has 3 rings (SSSR count). The fourth-order valence-electron chi connectivity index (χ4n) is 3.15. The second-order valence-electron chi connectivity index (χ2n) is 7.09. The van der Waals surface area contributed by atoms with E-state index in [2.05, 4.69) is 11.6 Å². The molecule has 168 valence electrons. The lowest BCUT2D eigenvalue weighted by molar-refractivity contribution is -0.118. The minimum absolute atomic E-state index is 0.0332. The number of thioether (sulfide) groups is 1. The molecule has 0 bridgehead atoms. The number of fused-ring (bicyclic) bond motifs is 1. The first-order chi connectivity index (χ1) is 15.2. The normalized spacial score (nSPS) is 11.0. The van der Waals surface area contributed by atoms with Gasteiger partial charge < -0.3 is 10.6 Å². The number of carbonyl (C=O) groups excluding carboxylic acids is 2. The Kier molecular flexibility index (Phi) is 7.47. The van der Waals surface area contributed by atoms with E-state index in [1.165, 1.54) is 45.1 Å². The van der Waals surface area contributed by atoms with E-state index in [0.717, 1.165) is 22.2 Å². The molecule has 1 aromatic carbocycles. The molecule has 2 heterocycles. The smallest absolute Gasteiger partial charge is 0.263 e. The number of hydrogen-bond acceptors (Lipinski definition) is 6. The van der Waals surface area contributed by atoms with Crippen molar-refractivity contribution >= 4 is 50.8 Å². The number of thiophene rings is 1. The van der Waals surface area contributed by atoms with E-state index in [4.69, 9.17) is 5.73 Å². The Labute approximate surface area is 192 Å². The highest BCUT2D eigenvalue weighted by atomic mass is 32.2. The molecule has 2 aromatic heterocycles. The van der Waals surface area contributed by atoms with Gasteiger partial charge in [-0.05, 0) is 43.7 Å². The molecule has 3 aromatic rings. The number of nitrogens with two attached hydrogens (primary N) is 1. The Balaban J connectivity index is 1.90. The van der Waals surface area contributed by atoms with Gasteiger partial charge in [-0.25, -0.2) is 9.37 Å². The van der Waals surface area contributed by atoms with Gasteiger partial charge in [-0.15, -0.1) is 17.9 Å². The fourth-order valence-corrected chi connectivity index (χ4v) is 5.11. The van der Waals surface area contributed by atoms with Gasteiger partial charge in [-0.3, -0.25) is 19.0 Å². The molecule has 0 aliphatic rings. The van der Waals surface area contributed by atoms with E-state index in [1.54, 1.807) is 6.08 Å². The number of primary amides is 1. The zero-order valence-electron chi connectivity index (χ0n) is 17.8. The number of allylic oxidation sites excluding steroid dienone is 1. The standard InChI is InChI=1S/C22H23FN4O3S2/c1-4-10-27-21(30)19-13(2)14(3)32-20(19)25-22(27)31-12-18(29)26(11-9-17(24)28)16-7-5-15(23)6-8-16/h4-8H,1,9-12H2,2-3H3,(H2,24,28). The van der Waals surface area contributed by atoms with Gasteiger partial charge in [0.25, 0.3) is 5.56 Å². The molecule has 0 spiro atoms. The fraction of sp³-hybridized carbons (Fsp3) is 0.273.